The third-order valence-electron chi connectivity index (χ3n) is 8.39. The zero-order valence-electron chi connectivity index (χ0n) is 21.3. The van der Waals surface area contributed by atoms with Crippen molar-refractivity contribution >= 4 is 74.1 Å². The molecule has 5 nitrogen and oxygen atoms in total. The van der Waals surface area contributed by atoms with E-state index >= 15 is 0 Å². The molecule has 0 radical (unpaired) electrons. The molecule has 0 unspecified atom stereocenters. The van der Waals surface area contributed by atoms with Crippen LogP contribution in [0.5, 0.6) is 0 Å². The fourth-order valence-electron chi connectivity index (χ4n) is 6.68. The molecule has 2 bridgehead atoms. The largest absolute Gasteiger partial charge is 0.324 e. The van der Waals surface area contributed by atoms with Gasteiger partial charge in [-0.1, -0.05) is 74.0 Å². The van der Waals surface area contributed by atoms with Crippen molar-refractivity contribution in [1.29, 1.82) is 0 Å². The Morgan fingerprint density at radius 1 is 0.872 bits per heavy atom. The van der Waals surface area contributed by atoms with Crippen LogP contribution in [-0.4, -0.2) is 28.7 Å². The first kappa shape index (κ1) is 26.8. The van der Waals surface area contributed by atoms with E-state index in [0.717, 1.165) is 27.2 Å². The van der Waals surface area contributed by atoms with Crippen molar-refractivity contribution in [2.45, 2.75) is 36.6 Å². The van der Waals surface area contributed by atoms with Gasteiger partial charge in [0.1, 0.15) is 15.8 Å². The first-order valence-electron chi connectivity index (χ1n) is 12.7. The Morgan fingerprint density at radius 3 is 1.72 bits per heavy atom. The lowest BCUT2D eigenvalue weighted by Gasteiger charge is -2.54. The minimum absolute atomic E-state index is 0.385. The van der Waals surface area contributed by atoms with Crippen LogP contribution in [0.2, 0.25) is 5.02 Å². The molecular formula is C30H24BrCl3N2O3. The van der Waals surface area contributed by atoms with Crippen LogP contribution < -0.4 is 5.32 Å². The maximum atomic E-state index is 14.3. The highest BCUT2D eigenvalue weighted by Crippen LogP contribution is 2.69. The molecule has 1 N–H and O–H groups in total. The molecule has 3 aromatic carbocycles. The fourth-order valence-corrected chi connectivity index (χ4v) is 8.37. The molecule has 39 heavy (non-hydrogen) atoms. The van der Waals surface area contributed by atoms with Crippen LogP contribution in [0.4, 0.5) is 5.69 Å². The first-order valence-corrected chi connectivity index (χ1v) is 14.6. The van der Waals surface area contributed by atoms with Gasteiger partial charge in [-0.25, -0.2) is 0 Å². The number of amides is 3. The summed E-state index contributed by atoms with van der Waals surface area (Å²) in [5, 5.41) is 3.36. The second-order valence-electron chi connectivity index (χ2n) is 10.7. The molecule has 200 valence electrons. The number of hydrogen-bond donors (Lipinski definition) is 1. The van der Waals surface area contributed by atoms with E-state index in [1.165, 1.54) is 0 Å². The summed E-state index contributed by atoms with van der Waals surface area (Å²) in [5.74, 6) is -3.79. The number of halogens is 4. The number of nitrogens with one attached hydrogen (secondary N) is 1. The maximum Gasteiger partial charge on any atom is 0.247 e. The Balaban J connectivity index is 1.47. The van der Waals surface area contributed by atoms with E-state index in [2.05, 4.69) is 21.2 Å². The van der Waals surface area contributed by atoms with Gasteiger partial charge in [-0.2, -0.15) is 0 Å². The van der Waals surface area contributed by atoms with Crippen LogP contribution >= 0.6 is 50.7 Å². The third-order valence-corrected chi connectivity index (χ3v) is 11.1. The van der Waals surface area contributed by atoms with Gasteiger partial charge in [0.15, 0.2) is 0 Å². The fraction of sp³-hybridized carbons (Fsp3) is 0.300. The average molecular weight is 647 g/mol. The Kier molecular flexibility index (Phi) is 6.24. The van der Waals surface area contributed by atoms with Gasteiger partial charge in [0.25, 0.3) is 0 Å². The SMILES string of the molecule is Cc1c(NC(=O)[C@H](C(C)C)N2C(=O)[C@H]3[C@H](C2=O)C2(Cl)c4ccccc4C3(Cl)c3ccccc32)ccc(Br)c1Cl. The average Bonchev–Trinajstić information content (AvgIpc) is 3.18. The van der Waals surface area contributed by atoms with Gasteiger partial charge < -0.3 is 5.32 Å². The van der Waals surface area contributed by atoms with Gasteiger partial charge >= 0.3 is 0 Å². The molecule has 1 fully saturated rings. The number of rotatable bonds is 4. The van der Waals surface area contributed by atoms with Crippen LogP contribution in [0.15, 0.2) is 65.1 Å². The molecule has 9 heteroatoms. The molecule has 3 atom stereocenters. The summed E-state index contributed by atoms with van der Waals surface area (Å²) in [4.78, 5) is 40.9. The van der Waals surface area contributed by atoms with Crippen LogP contribution in [0.25, 0.3) is 0 Å². The van der Waals surface area contributed by atoms with Crippen molar-refractivity contribution in [1.82, 2.24) is 4.90 Å². The summed E-state index contributed by atoms with van der Waals surface area (Å²) in [6.07, 6.45) is 0. The van der Waals surface area contributed by atoms with Gasteiger partial charge in [-0.05, 0) is 68.7 Å². The summed E-state index contributed by atoms with van der Waals surface area (Å²) >= 11 is 24.8. The maximum absolute atomic E-state index is 14.3. The lowest BCUT2D eigenvalue weighted by atomic mass is 9.54. The number of hydrogen-bond acceptors (Lipinski definition) is 3. The minimum Gasteiger partial charge on any atom is -0.324 e. The predicted octanol–water partition coefficient (Wildman–Crippen LogP) is 6.97. The highest BCUT2D eigenvalue weighted by atomic mass is 79.9. The second-order valence-corrected chi connectivity index (χ2v) is 13.2. The van der Waals surface area contributed by atoms with Gasteiger partial charge in [-0.3, -0.25) is 19.3 Å². The van der Waals surface area contributed by atoms with Gasteiger partial charge in [-0.15, -0.1) is 23.2 Å². The number of nitrogens with zero attached hydrogens (tertiary/aromatic N) is 1. The zero-order valence-corrected chi connectivity index (χ0v) is 25.1. The molecule has 0 saturated carbocycles. The van der Waals surface area contributed by atoms with Crippen molar-refractivity contribution < 1.29 is 14.4 Å². The van der Waals surface area contributed by atoms with E-state index in [4.69, 9.17) is 34.8 Å². The first-order chi connectivity index (χ1) is 18.5. The molecule has 1 saturated heterocycles. The van der Waals surface area contributed by atoms with Crippen LogP contribution in [0.3, 0.4) is 0 Å². The minimum atomic E-state index is -1.30. The standard InChI is InChI=1S/C30H24BrCl3N2O3/c1-14(2)25(26(37)35-21-13-12-20(31)24(32)15(21)3)36-27(38)22-23(28(36)39)30(34)17-9-5-4-8-16(17)29(22,33)18-10-6-7-11-19(18)30/h4-14,22-23,25H,1-3H3,(H,35,37)/t22-,23-,25+,29?,30?/m1/s1. The summed E-state index contributed by atoms with van der Waals surface area (Å²) in [6.45, 7) is 5.40. The molecule has 3 aliphatic carbocycles. The number of benzene rings is 3. The summed E-state index contributed by atoms with van der Waals surface area (Å²) in [7, 11) is 0. The number of carbonyl (C=O) groups excluding carboxylic acids is 3. The molecule has 3 aromatic rings. The molecule has 3 amide bonds. The number of alkyl halides is 2. The number of anilines is 1. The highest BCUT2D eigenvalue weighted by molar-refractivity contribution is 9.10. The van der Waals surface area contributed by atoms with E-state index in [1.54, 1.807) is 32.9 Å². The van der Waals surface area contributed by atoms with E-state index in [9.17, 15) is 14.4 Å². The molecule has 1 aliphatic heterocycles. The Bertz CT molecular complexity index is 1470. The number of imide groups is 1. The molecule has 1 heterocycles. The molecular weight excluding hydrogens is 623 g/mol. The van der Waals surface area contributed by atoms with Gasteiger partial charge in [0.2, 0.25) is 17.7 Å². The van der Waals surface area contributed by atoms with Crippen molar-refractivity contribution in [2.75, 3.05) is 5.32 Å². The topological polar surface area (TPSA) is 66.5 Å². The smallest absolute Gasteiger partial charge is 0.247 e. The lowest BCUT2D eigenvalue weighted by molar-refractivity contribution is -0.148. The van der Waals surface area contributed by atoms with E-state index in [1.807, 2.05) is 48.5 Å². The highest BCUT2D eigenvalue weighted by Gasteiger charge is 2.73. The number of likely N-dealkylation sites (tertiary alicyclic amines) is 1. The van der Waals surface area contributed by atoms with Crippen molar-refractivity contribution in [3.05, 3.63) is 98.0 Å². The molecule has 7 rings (SSSR count). The Hall–Kier alpha value is -2.38. The summed E-state index contributed by atoms with van der Waals surface area (Å²) in [6, 6.07) is 17.3. The Morgan fingerprint density at radius 2 is 1.31 bits per heavy atom. The normalized spacial score (nSPS) is 27.3. The van der Waals surface area contributed by atoms with Crippen molar-refractivity contribution in [2.24, 2.45) is 17.8 Å². The van der Waals surface area contributed by atoms with Crippen molar-refractivity contribution in [3.63, 3.8) is 0 Å². The molecule has 4 aliphatic rings. The lowest BCUT2D eigenvalue weighted by Crippen LogP contribution is -2.57. The van der Waals surface area contributed by atoms with Crippen LogP contribution in [0.1, 0.15) is 41.7 Å². The van der Waals surface area contributed by atoms with E-state index in [0.29, 0.717) is 20.7 Å². The zero-order chi connectivity index (χ0) is 28.0. The predicted molar refractivity (Wildman–Crippen MR) is 156 cm³/mol. The molecule has 0 spiro atoms. The van der Waals surface area contributed by atoms with E-state index in [-0.39, 0.29) is 5.92 Å². The van der Waals surface area contributed by atoms with Crippen LogP contribution in [-0.2, 0) is 24.1 Å². The summed E-state index contributed by atoms with van der Waals surface area (Å²) < 4.78 is 0.698. The van der Waals surface area contributed by atoms with Gasteiger partial charge in [0, 0.05) is 10.2 Å². The van der Waals surface area contributed by atoms with Gasteiger partial charge in [0.05, 0.1) is 16.9 Å². The summed E-state index contributed by atoms with van der Waals surface area (Å²) in [5.41, 5.74) is 4.03. The third kappa shape index (κ3) is 3.41. The molecule has 0 aromatic heterocycles. The van der Waals surface area contributed by atoms with E-state index < -0.39 is 45.3 Å². The number of carbonyl (C=O) groups is 3. The van der Waals surface area contributed by atoms with Crippen molar-refractivity contribution in [3.8, 4) is 0 Å². The monoisotopic (exact) mass is 644 g/mol. The Labute approximate surface area is 249 Å². The second kappa shape index (κ2) is 9.07. The quantitative estimate of drug-likeness (QED) is 0.246. The van der Waals surface area contributed by atoms with Crippen LogP contribution in [0, 0.1) is 24.7 Å².